The first kappa shape index (κ1) is 11.4. The van der Waals surface area contributed by atoms with E-state index in [0.717, 1.165) is 10.4 Å². The molecule has 2 N–H and O–H groups in total. The predicted octanol–water partition coefficient (Wildman–Crippen LogP) is 1.26. The van der Waals surface area contributed by atoms with Crippen LogP contribution in [0.5, 0.6) is 0 Å². The number of pyridine rings is 1. The molecule has 0 amide bonds. The van der Waals surface area contributed by atoms with Crippen LogP contribution in [0.2, 0.25) is 0 Å². The van der Waals surface area contributed by atoms with Gasteiger partial charge in [-0.25, -0.2) is 4.98 Å². The Morgan fingerprint density at radius 3 is 3.07 bits per heavy atom. The number of aromatic nitrogens is 1. The van der Waals surface area contributed by atoms with Crippen LogP contribution in [0.4, 0.5) is 5.82 Å². The Labute approximate surface area is 91.4 Å². The van der Waals surface area contributed by atoms with Crippen molar-refractivity contribution in [3.63, 3.8) is 0 Å². The number of methoxy groups -OCH3 is 1. The highest BCUT2D eigenvalue weighted by atomic mass is 79.9. The summed E-state index contributed by atoms with van der Waals surface area (Å²) in [6, 6.07) is 5.56. The van der Waals surface area contributed by atoms with Gasteiger partial charge in [0.25, 0.3) is 0 Å². The molecule has 1 aromatic rings. The van der Waals surface area contributed by atoms with Gasteiger partial charge >= 0.3 is 0 Å². The fraction of sp³-hybridized carbons (Fsp3) is 0.444. The van der Waals surface area contributed by atoms with Gasteiger partial charge in [0, 0.05) is 13.7 Å². The zero-order valence-electron chi connectivity index (χ0n) is 7.90. The van der Waals surface area contributed by atoms with Gasteiger partial charge in [0.2, 0.25) is 0 Å². The van der Waals surface area contributed by atoms with E-state index < -0.39 is 6.10 Å². The average molecular weight is 261 g/mol. The number of hydrogen-bond donors (Lipinski definition) is 2. The third-order valence-electron chi connectivity index (χ3n) is 1.59. The molecule has 78 valence electrons. The minimum Gasteiger partial charge on any atom is -0.389 e. The van der Waals surface area contributed by atoms with Crippen molar-refractivity contribution >= 4 is 21.7 Å². The molecule has 1 atom stereocenters. The fourth-order valence-corrected chi connectivity index (χ4v) is 1.32. The van der Waals surface area contributed by atoms with Gasteiger partial charge in [0.05, 0.1) is 12.7 Å². The van der Waals surface area contributed by atoms with Crippen LogP contribution in [-0.2, 0) is 4.74 Å². The number of aliphatic hydroxyl groups excluding tert-OH is 1. The van der Waals surface area contributed by atoms with Gasteiger partial charge in [-0.15, -0.1) is 0 Å². The molecule has 0 aromatic carbocycles. The van der Waals surface area contributed by atoms with Gasteiger partial charge in [-0.3, -0.25) is 0 Å². The Kier molecular flexibility index (Phi) is 4.86. The van der Waals surface area contributed by atoms with Gasteiger partial charge in [0.1, 0.15) is 10.4 Å². The summed E-state index contributed by atoms with van der Waals surface area (Å²) in [4.78, 5) is 4.16. The number of nitrogens with zero attached hydrogens (tertiary/aromatic N) is 1. The summed E-state index contributed by atoms with van der Waals surface area (Å²) < 4.78 is 5.56. The number of rotatable bonds is 5. The number of nitrogens with one attached hydrogen (secondary N) is 1. The van der Waals surface area contributed by atoms with E-state index in [-0.39, 0.29) is 0 Å². The maximum absolute atomic E-state index is 9.35. The molecule has 0 saturated heterocycles. The van der Waals surface area contributed by atoms with Crippen molar-refractivity contribution in [2.75, 3.05) is 25.6 Å². The van der Waals surface area contributed by atoms with Crippen molar-refractivity contribution in [3.8, 4) is 0 Å². The summed E-state index contributed by atoms with van der Waals surface area (Å²) in [5, 5.41) is 12.4. The van der Waals surface area contributed by atoms with E-state index in [0.29, 0.717) is 13.2 Å². The summed E-state index contributed by atoms with van der Waals surface area (Å²) in [6.07, 6.45) is -0.513. The second-order valence-corrected chi connectivity index (χ2v) is 3.65. The molecule has 1 unspecified atom stereocenters. The predicted molar refractivity (Wildman–Crippen MR) is 58.3 cm³/mol. The third-order valence-corrected chi connectivity index (χ3v) is 2.03. The van der Waals surface area contributed by atoms with Gasteiger partial charge in [-0.2, -0.15) is 0 Å². The Hall–Kier alpha value is -0.650. The van der Waals surface area contributed by atoms with E-state index in [1.54, 1.807) is 7.11 Å². The van der Waals surface area contributed by atoms with Crippen molar-refractivity contribution in [3.05, 3.63) is 22.8 Å². The molecule has 0 aliphatic heterocycles. The average Bonchev–Trinajstić information content (AvgIpc) is 2.15. The first-order valence-electron chi connectivity index (χ1n) is 4.26. The van der Waals surface area contributed by atoms with E-state index >= 15 is 0 Å². The molecular formula is C9H13BrN2O2. The Morgan fingerprint density at radius 2 is 2.43 bits per heavy atom. The first-order valence-corrected chi connectivity index (χ1v) is 5.05. The number of halogens is 1. The summed E-state index contributed by atoms with van der Waals surface area (Å²) in [5.74, 6) is 0.731. The first-order chi connectivity index (χ1) is 6.72. The molecule has 14 heavy (non-hydrogen) atoms. The van der Waals surface area contributed by atoms with E-state index in [1.165, 1.54) is 0 Å². The fourth-order valence-electron chi connectivity index (χ4n) is 0.980. The Bertz CT molecular complexity index is 283. The van der Waals surface area contributed by atoms with Crippen molar-refractivity contribution in [2.45, 2.75) is 6.10 Å². The van der Waals surface area contributed by atoms with Crippen molar-refractivity contribution in [1.29, 1.82) is 0 Å². The quantitative estimate of drug-likeness (QED) is 0.783. The van der Waals surface area contributed by atoms with E-state index in [4.69, 9.17) is 4.74 Å². The molecule has 0 aliphatic carbocycles. The van der Waals surface area contributed by atoms with Gasteiger partial charge < -0.3 is 15.2 Å². The molecule has 1 heterocycles. The molecule has 0 spiro atoms. The van der Waals surface area contributed by atoms with Crippen LogP contribution < -0.4 is 5.32 Å². The lowest BCUT2D eigenvalue weighted by molar-refractivity contribution is 0.0727. The largest absolute Gasteiger partial charge is 0.389 e. The standard InChI is InChI=1S/C9H13BrN2O2/c1-14-6-7(13)5-11-9-4-2-3-8(10)12-9/h2-4,7,13H,5-6H2,1H3,(H,11,12). The van der Waals surface area contributed by atoms with Crippen molar-refractivity contribution in [2.24, 2.45) is 0 Å². The monoisotopic (exact) mass is 260 g/mol. The molecule has 0 bridgehead atoms. The molecule has 1 aromatic heterocycles. The molecular weight excluding hydrogens is 248 g/mol. The molecule has 0 saturated carbocycles. The third kappa shape index (κ3) is 4.04. The molecule has 0 radical (unpaired) electrons. The second-order valence-electron chi connectivity index (χ2n) is 2.84. The molecule has 0 aliphatic rings. The topological polar surface area (TPSA) is 54.4 Å². The van der Waals surface area contributed by atoms with Crippen molar-refractivity contribution < 1.29 is 9.84 Å². The Balaban J connectivity index is 2.37. The highest BCUT2D eigenvalue weighted by Crippen LogP contribution is 2.09. The highest BCUT2D eigenvalue weighted by molar-refractivity contribution is 9.10. The van der Waals surface area contributed by atoms with Gasteiger partial charge in [-0.1, -0.05) is 6.07 Å². The minimum atomic E-state index is -0.513. The summed E-state index contributed by atoms with van der Waals surface area (Å²) in [7, 11) is 1.56. The summed E-state index contributed by atoms with van der Waals surface area (Å²) in [6.45, 7) is 0.748. The van der Waals surface area contributed by atoms with E-state index in [2.05, 4.69) is 26.2 Å². The molecule has 5 heteroatoms. The normalized spacial score (nSPS) is 12.5. The lowest BCUT2D eigenvalue weighted by Gasteiger charge is -2.10. The summed E-state index contributed by atoms with van der Waals surface area (Å²) >= 11 is 3.26. The number of anilines is 1. The molecule has 0 fully saturated rings. The molecule has 1 rings (SSSR count). The van der Waals surface area contributed by atoms with E-state index in [9.17, 15) is 5.11 Å². The van der Waals surface area contributed by atoms with Crippen LogP contribution in [0.3, 0.4) is 0 Å². The zero-order chi connectivity index (χ0) is 10.4. The van der Waals surface area contributed by atoms with Crippen LogP contribution in [0.1, 0.15) is 0 Å². The number of ether oxygens (including phenoxy) is 1. The maximum Gasteiger partial charge on any atom is 0.127 e. The van der Waals surface area contributed by atoms with Crippen LogP contribution in [-0.4, -0.2) is 36.5 Å². The lowest BCUT2D eigenvalue weighted by atomic mass is 10.3. The summed E-state index contributed by atoms with van der Waals surface area (Å²) in [5.41, 5.74) is 0. The van der Waals surface area contributed by atoms with Crippen LogP contribution in [0.15, 0.2) is 22.8 Å². The number of hydrogen-bond acceptors (Lipinski definition) is 4. The van der Waals surface area contributed by atoms with Crippen molar-refractivity contribution in [1.82, 2.24) is 4.98 Å². The molecule has 4 nitrogen and oxygen atoms in total. The smallest absolute Gasteiger partial charge is 0.127 e. The minimum absolute atomic E-state index is 0.320. The zero-order valence-corrected chi connectivity index (χ0v) is 9.49. The lowest BCUT2D eigenvalue weighted by Crippen LogP contribution is -2.24. The number of aliphatic hydroxyl groups is 1. The SMILES string of the molecule is COCC(O)CNc1cccc(Br)n1. The maximum atomic E-state index is 9.35. The van der Waals surface area contributed by atoms with Gasteiger partial charge in [-0.05, 0) is 28.1 Å². The van der Waals surface area contributed by atoms with Crippen LogP contribution in [0, 0.1) is 0 Å². The highest BCUT2D eigenvalue weighted by Gasteiger charge is 2.02. The van der Waals surface area contributed by atoms with Gasteiger partial charge in [0.15, 0.2) is 0 Å². The second kappa shape index (κ2) is 5.95. The van der Waals surface area contributed by atoms with Crippen LogP contribution in [0.25, 0.3) is 0 Å². The van der Waals surface area contributed by atoms with Crippen LogP contribution >= 0.6 is 15.9 Å². The van der Waals surface area contributed by atoms with E-state index in [1.807, 2.05) is 18.2 Å². The Morgan fingerprint density at radius 1 is 1.64 bits per heavy atom.